The monoisotopic (exact) mass is 269 g/mol. The smallest absolute Gasteiger partial charge is 0.320 e. The van der Waals surface area contributed by atoms with E-state index in [1.807, 2.05) is 11.8 Å². The Morgan fingerprint density at radius 3 is 2.21 bits per heavy atom. The van der Waals surface area contributed by atoms with Crippen LogP contribution in [0.1, 0.15) is 26.7 Å². The van der Waals surface area contributed by atoms with Crippen molar-refractivity contribution in [2.24, 2.45) is 11.7 Å². The molecule has 0 aromatic carbocycles. The molecular weight excluding hydrogens is 246 g/mol. The van der Waals surface area contributed by atoms with Crippen molar-refractivity contribution in [1.82, 2.24) is 9.80 Å². The molecule has 1 amide bonds. The lowest BCUT2D eigenvalue weighted by molar-refractivity contribution is -0.145. The van der Waals surface area contributed by atoms with Crippen molar-refractivity contribution < 1.29 is 14.7 Å². The molecule has 1 aliphatic heterocycles. The first-order valence-corrected chi connectivity index (χ1v) is 6.89. The van der Waals surface area contributed by atoms with Crippen LogP contribution in [0.5, 0.6) is 0 Å². The Hall–Kier alpha value is -1.14. The average molecular weight is 269 g/mol. The van der Waals surface area contributed by atoms with Gasteiger partial charge in [-0.15, -0.1) is 0 Å². The number of hydrogen-bond donors (Lipinski definition) is 2. The predicted octanol–water partition coefficient (Wildman–Crippen LogP) is -0.269. The Labute approximate surface area is 113 Å². The fourth-order valence-corrected chi connectivity index (χ4v) is 2.67. The number of amides is 1. The van der Waals surface area contributed by atoms with Gasteiger partial charge in [0.25, 0.3) is 0 Å². The zero-order valence-corrected chi connectivity index (χ0v) is 11.6. The molecule has 0 radical (unpaired) electrons. The van der Waals surface area contributed by atoms with Gasteiger partial charge in [-0.25, -0.2) is 0 Å². The van der Waals surface area contributed by atoms with E-state index in [0.29, 0.717) is 32.1 Å². The van der Waals surface area contributed by atoms with Crippen molar-refractivity contribution in [2.45, 2.75) is 38.3 Å². The zero-order valence-electron chi connectivity index (χ0n) is 11.6. The molecule has 6 heteroatoms. The molecule has 0 spiro atoms. The first-order valence-electron chi connectivity index (χ1n) is 6.89. The number of nitrogens with zero attached hydrogens (tertiary/aromatic N) is 2. The molecule has 19 heavy (non-hydrogen) atoms. The van der Waals surface area contributed by atoms with E-state index in [1.165, 1.54) is 0 Å². The van der Waals surface area contributed by atoms with Crippen LogP contribution < -0.4 is 5.73 Å². The summed E-state index contributed by atoms with van der Waals surface area (Å²) < 4.78 is 0. The van der Waals surface area contributed by atoms with Crippen LogP contribution in [0.4, 0.5) is 0 Å². The van der Waals surface area contributed by atoms with Crippen LogP contribution in [0.25, 0.3) is 0 Å². The van der Waals surface area contributed by atoms with E-state index in [4.69, 9.17) is 10.8 Å². The van der Waals surface area contributed by atoms with Gasteiger partial charge in [-0.2, -0.15) is 0 Å². The third kappa shape index (κ3) is 2.90. The molecule has 6 nitrogen and oxygen atoms in total. The second kappa shape index (κ2) is 5.09. The van der Waals surface area contributed by atoms with Crippen LogP contribution in [0.2, 0.25) is 0 Å². The molecule has 0 aromatic heterocycles. The van der Waals surface area contributed by atoms with Gasteiger partial charge < -0.3 is 15.7 Å². The topological polar surface area (TPSA) is 86.9 Å². The van der Waals surface area contributed by atoms with Gasteiger partial charge in [0, 0.05) is 26.2 Å². The van der Waals surface area contributed by atoms with Crippen molar-refractivity contribution in [3.05, 3.63) is 0 Å². The quantitative estimate of drug-likeness (QED) is 0.733. The van der Waals surface area contributed by atoms with Crippen LogP contribution in [0, 0.1) is 5.92 Å². The third-order valence-electron chi connectivity index (χ3n) is 4.39. The molecule has 2 aliphatic rings. The van der Waals surface area contributed by atoms with Gasteiger partial charge in [-0.3, -0.25) is 14.5 Å². The maximum atomic E-state index is 12.4. The Morgan fingerprint density at radius 1 is 1.26 bits per heavy atom. The molecule has 2 rings (SSSR count). The zero-order chi connectivity index (χ0) is 14.2. The minimum Gasteiger partial charge on any atom is -0.480 e. The number of carboxylic acid groups (broad SMARTS) is 1. The molecule has 1 saturated heterocycles. The van der Waals surface area contributed by atoms with Crippen molar-refractivity contribution >= 4 is 11.9 Å². The number of carbonyl (C=O) groups is 2. The van der Waals surface area contributed by atoms with E-state index in [0.717, 1.165) is 12.8 Å². The highest BCUT2D eigenvalue weighted by Gasteiger charge is 2.46. The predicted molar refractivity (Wildman–Crippen MR) is 70.6 cm³/mol. The lowest BCUT2D eigenvalue weighted by atomic mass is 9.95. The van der Waals surface area contributed by atoms with Crippen LogP contribution in [0.15, 0.2) is 0 Å². The average Bonchev–Trinajstić information content (AvgIpc) is 3.21. The fourth-order valence-electron chi connectivity index (χ4n) is 2.67. The molecule has 2 fully saturated rings. The first kappa shape index (κ1) is 14.3. The Balaban J connectivity index is 1.89. The number of piperazine rings is 1. The minimum absolute atomic E-state index is 0.0117. The van der Waals surface area contributed by atoms with E-state index < -0.39 is 17.6 Å². The lowest BCUT2D eigenvalue weighted by Gasteiger charge is -2.39. The van der Waals surface area contributed by atoms with Crippen LogP contribution >= 0.6 is 0 Å². The van der Waals surface area contributed by atoms with Gasteiger partial charge >= 0.3 is 5.97 Å². The Morgan fingerprint density at radius 2 is 1.79 bits per heavy atom. The summed E-state index contributed by atoms with van der Waals surface area (Å²) in [5.41, 5.74) is 5.39. The molecule has 1 heterocycles. The molecule has 3 N–H and O–H groups in total. The summed E-state index contributed by atoms with van der Waals surface area (Å²) in [6.07, 6.45) is 2.07. The number of rotatable bonds is 4. The highest BCUT2D eigenvalue weighted by Crippen LogP contribution is 2.39. The summed E-state index contributed by atoms with van der Waals surface area (Å²) >= 11 is 0. The summed E-state index contributed by atoms with van der Waals surface area (Å²) in [4.78, 5) is 27.0. The van der Waals surface area contributed by atoms with Crippen molar-refractivity contribution in [3.63, 3.8) is 0 Å². The Bertz CT molecular complexity index is 371. The van der Waals surface area contributed by atoms with E-state index in [9.17, 15) is 9.59 Å². The fraction of sp³-hybridized carbons (Fsp3) is 0.846. The highest BCUT2D eigenvalue weighted by molar-refractivity contribution is 5.86. The SMILES string of the molecule is CC(C(=O)O)N1CCN(C(=O)C(C)(N)C2CC2)CC1. The number of nitrogens with two attached hydrogens (primary N) is 1. The van der Waals surface area contributed by atoms with E-state index in [-0.39, 0.29) is 5.91 Å². The van der Waals surface area contributed by atoms with Gasteiger partial charge in [-0.1, -0.05) is 0 Å². The van der Waals surface area contributed by atoms with Gasteiger partial charge in [0.2, 0.25) is 5.91 Å². The summed E-state index contributed by atoms with van der Waals surface area (Å²) in [5.74, 6) is -0.491. The van der Waals surface area contributed by atoms with Gasteiger partial charge in [-0.05, 0) is 32.6 Å². The molecule has 0 bridgehead atoms. The van der Waals surface area contributed by atoms with Crippen LogP contribution in [0.3, 0.4) is 0 Å². The van der Waals surface area contributed by atoms with E-state index >= 15 is 0 Å². The van der Waals surface area contributed by atoms with Gasteiger partial charge in [0.15, 0.2) is 0 Å². The maximum absolute atomic E-state index is 12.4. The first-order chi connectivity index (χ1) is 8.84. The molecule has 2 atom stereocenters. The highest BCUT2D eigenvalue weighted by atomic mass is 16.4. The largest absolute Gasteiger partial charge is 0.480 e. The molecule has 2 unspecified atom stereocenters. The van der Waals surface area contributed by atoms with Crippen LogP contribution in [-0.2, 0) is 9.59 Å². The second-order valence-corrected chi connectivity index (χ2v) is 5.90. The molecule has 1 aliphatic carbocycles. The third-order valence-corrected chi connectivity index (χ3v) is 4.39. The molecule has 0 aromatic rings. The van der Waals surface area contributed by atoms with Crippen molar-refractivity contribution in [3.8, 4) is 0 Å². The maximum Gasteiger partial charge on any atom is 0.320 e. The van der Waals surface area contributed by atoms with E-state index in [2.05, 4.69) is 0 Å². The standard InChI is InChI=1S/C13H23N3O3/c1-9(11(17)18)15-5-7-16(8-6-15)12(19)13(2,14)10-3-4-10/h9-10H,3-8,14H2,1-2H3,(H,17,18). The van der Waals surface area contributed by atoms with Crippen molar-refractivity contribution in [1.29, 1.82) is 0 Å². The summed E-state index contributed by atoms with van der Waals surface area (Å²) in [7, 11) is 0. The number of aliphatic carboxylic acids is 1. The second-order valence-electron chi connectivity index (χ2n) is 5.90. The number of carbonyl (C=O) groups excluding carboxylic acids is 1. The molecule has 1 saturated carbocycles. The number of carboxylic acids is 1. The molecule has 108 valence electrons. The van der Waals surface area contributed by atoms with Gasteiger partial charge in [0.1, 0.15) is 6.04 Å². The summed E-state index contributed by atoms with van der Waals surface area (Å²) in [6.45, 7) is 5.82. The van der Waals surface area contributed by atoms with Crippen molar-refractivity contribution in [2.75, 3.05) is 26.2 Å². The Kier molecular flexibility index (Phi) is 3.82. The minimum atomic E-state index is -0.818. The molecular formula is C13H23N3O3. The summed E-state index contributed by atoms with van der Waals surface area (Å²) in [6, 6.07) is -0.495. The number of hydrogen-bond acceptors (Lipinski definition) is 4. The lowest BCUT2D eigenvalue weighted by Crippen LogP contribution is -2.60. The van der Waals surface area contributed by atoms with Gasteiger partial charge in [0.05, 0.1) is 5.54 Å². The van der Waals surface area contributed by atoms with Crippen LogP contribution in [-0.4, -0.2) is 64.5 Å². The van der Waals surface area contributed by atoms with E-state index in [1.54, 1.807) is 11.8 Å². The summed E-state index contributed by atoms with van der Waals surface area (Å²) in [5, 5.41) is 8.98. The normalized spacial score (nSPS) is 25.7.